The molecule has 7 heteroatoms. The summed E-state index contributed by atoms with van der Waals surface area (Å²) in [6.45, 7) is 4.42. The van der Waals surface area contributed by atoms with E-state index in [1.807, 2.05) is 0 Å². The highest BCUT2D eigenvalue weighted by molar-refractivity contribution is 7.85. The van der Waals surface area contributed by atoms with E-state index in [4.69, 9.17) is 0 Å². The molecule has 0 aliphatic heterocycles. The minimum atomic E-state index is -4.32. The Bertz CT molecular complexity index is 1060. The Hall–Kier alpha value is -1.96. The predicted molar refractivity (Wildman–Crippen MR) is 230 cm³/mol. The molecule has 0 aliphatic carbocycles. The lowest BCUT2D eigenvalue weighted by molar-refractivity contribution is -0.122. The van der Waals surface area contributed by atoms with Crippen molar-refractivity contribution >= 4 is 16.0 Å². The largest absolute Gasteiger partial charge is 0.391 e. The maximum absolute atomic E-state index is 12.6. The molecule has 0 heterocycles. The molecule has 0 saturated carbocycles. The predicted octanol–water partition coefficient (Wildman–Crippen LogP) is 13.2. The molecule has 0 bridgehead atoms. The molecular weight excluding hydrogens is 679 g/mol. The molecule has 308 valence electrons. The first-order valence-electron chi connectivity index (χ1n) is 22.0. The van der Waals surface area contributed by atoms with E-state index in [1.54, 1.807) is 0 Å². The van der Waals surface area contributed by atoms with Crippen molar-refractivity contribution in [3.8, 4) is 0 Å². The number of carbonyl (C=O) groups excluding carboxylic acids is 1. The number of aliphatic hydroxyl groups is 1. The van der Waals surface area contributed by atoms with Gasteiger partial charge in [0.15, 0.2) is 0 Å². The number of carbonyl (C=O) groups is 1. The molecule has 2 atom stereocenters. The van der Waals surface area contributed by atoms with E-state index in [-0.39, 0.29) is 5.91 Å². The number of aliphatic hydroxyl groups excluding tert-OH is 1. The number of rotatable bonds is 39. The van der Waals surface area contributed by atoms with Crippen molar-refractivity contribution in [1.29, 1.82) is 0 Å². The summed E-state index contributed by atoms with van der Waals surface area (Å²) in [6.07, 6.45) is 54.5. The van der Waals surface area contributed by atoms with Crippen molar-refractivity contribution in [3.05, 3.63) is 60.8 Å². The fourth-order valence-corrected chi connectivity index (χ4v) is 7.24. The second-order valence-electron chi connectivity index (χ2n) is 14.9. The van der Waals surface area contributed by atoms with Gasteiger partial charge in [0.2, 0.25) is 5.91 Å². The van der Waals surface area contributed by atoms with Gasteiger partial charge in [0, 0.05) is 6.42 Å². The number of hydrogen-bond acceptors (Lipinski definition) is 4. The van der Waals surface area contributed by atoms with Gasteiger partial charge in [-0.25, -0.2) is 0 Å². The first-order valence-corrected chi connectivity index (χ1v) is 23.6. The van der Waals surface area contributed by atoms with Gasteiger partial charge < -0.3 is 10.4 Å². The Labute approximate surface area is 328 Å². The number of amides is 1. The first kappa shape index (κ1) is 51.0. The molecule has 2 unspecified atom stereocenters. The van der Waals surface area contributed by atoms with Gasteiger partial charge in [-0.05, 0) is 57.8 Å². The highest BCUT2D eigenvalue weighted by Crippen LogP contribution is 2.16. The molecule has 3 N–H and O–H groups in total. The maximum Gasteiger partial charge on any atom is 0.266 e. The summed E-state index contributed by atoms with van der Waals surface area (Å²) in [5.41, 5.74) is 0. The molecule has 0 fully saturated rings. The van der Waals surface area contributed by atoms with Gasteiger partial charge >= 0.3 is 0 Å². The van der Waals surface area contributed by atoms with E-state index in [0.29, 0.717) is 12.8 Å². The number of nitrogens with one attached hydrogen (secondary N) is 1. The second-order valence-corrected chi connectivity index (χ2v) is 16.4. The molecule has 6 nitrogen and oxygen atoms in total. The molecule has 0 radical (unpaired) electrons. The fourth-order valence-electron chi connectivity index (χ4n) is 6.48. The third-order valence-corrected chi connectivity index (χ3v) is 10.5. The van der Waals surface area contributed by atoms with E-state index in [1.165, 1.54) is 89.9 Å². The van der Waals surface area contributed by atoms with Crippen molar-refractivity contribution in [2.75, 3.05) is 5.75 Å². The Morgan fingerprint density at radius 2 is 0.906 bits per heavy atom. The van der Waals surface area contributed by atoms with Crippen LogP contribution >= 0.6 is 0 Å². The van der Waals surface area contributed by atoms with E-state index in [0.717, 1.165) is 89.9 Å². The monoisotopic (exact) mass is 762 g/mol. The molecule has 0 spiro atoms. The Balaban J connectivity index is 3.90. The normalized spacial score (nSPS) is 13.8. The minimum absolute atomic E-state index is 0.265. The molecule has 0 aromatic rings. The van der Waals surface area contributed by atoms with E-state index in [2.05, 4.69) is 79.9 Å². The van der Waals surface area contributed by atoms with Gasteiger partial charge in [0.05, 0.1) is 17.9 Å². The van der Waals surface area contributed by atoms with Crippen LogP contribution in [0.2, 0.25) is 0 Å². The zero-order chi connectivity index (χ0) is 38.9. The third-order valence-electron chi connectivity index (χ3n) is 9.74. The summed E-state index contributed by atoms with van der Waals surface area (Å²) in [5, 5.41) is 13.4. The quantitative estimate of drug-likeness (QED) is 0.0329. The molecular formula is C46H83NO5S. The Morgan fingerprint density at radius 1 is 0.528 bits per heavy atom. The standard InChI is InChI=1S/C46H83NO5S/c1-3-5-7-9-11-13-15-17-19-21-22-23-24-26-28-30-32-34-36-38-40-42-46(49)47-44(43-53(50,51)52)45(48)41-39-37-35-33-31-29-27-25-20-18-16-14-12-10-8-6-4-2/h5,7,11,13,17,19,22-23,26,28,44-45,48H,3-4,6,8-10,12,14-16,18,20-21,24-25,27,29-43H2,1-2H3,(H,47,49)(H,50,51,52)/b7-5-,13-11-,19-17-,23-22-,28-26-. The van der Waals surface area contributed by atoms with Gasteiger partial charge in [0.25, 0.3) is 10.1 Å². The van der Waals surface area contributed by atoms with E-state index < -0.39 is 28.0 Å². The molecule has 1 amide bonds. The molecule has 53 heavy (non-hydrogen) atoms. The van der Waals surface area contributed by atoms with Crippen LogP contribution in [0.1, 0.15) is 206 Å². The topological polar surface area (TPSA) is 104 Å². The van der Waals surface area contributed by atoms with Crippen LogP contribution in [-0.2, 0) is 14.9 Å². The minimum Gasteiger partial charge on any atom is -0.391 e. The van der Waals surface area contributed by atoms with Crippen molar-refractivity contribution in [1.82, 2.24) is 5.32 Å². The average Bonchev–Trinajstić information content (AvgIpc) is 3.12. The summed E-state index contributed by atoms with van der Waals surface area (Å²) in [5.74, 6) is -0.923. The SMILES string of the molecule is CC/C=C\C/C=C\C/C=C\C/C=C\C/C=C\CCCCCCCC(=O)NC(CS(=O)(=O)O)C(O)CCCCCCCCCCCCCCCCCCC. The number of hydrogen-bond donors (Lipinski definition) is 3. The van der Waals surface area contributed by atoms with Crippen LogP contribution in [0.15, 0.2) is 60.8 Å². The Kier molecular flexibility index (Phi) is 38.3. The van der Waals surface area contributed by atoms with Crippen molar-refractivity contribution in [2.45, 2.75) is 219 Å². The van der Waals surface area contributed by atoms with Crippen molar-refractivity contribution in [2.24, 2.45) is 0 Å². The van der Waals surface area contributed by atoms with Crippen LogP contribution < -0.4 is 5.32 Å². The summed E-state index contributed by atoms with van der Waals surface area (Å²) in [4.78, 5) is 12.6. The fraction of sp³-hybridized carbons (Fsp3) is 0.761. The molecule has 0 aromatic carbocycles. The molecule has 0 aliphatic rings. The Morgan fingerprint density at radius 3 is 1.34 bits per heavy atom. The summed E-state index contributed by atoms with van der Waals surface area (Å²) in [6, 6.07) is -0.984. The first-order chi connectivity index (χ1) is 25.8. The number of unbranched alkanes of at least 4 members (excludes halogenated alkanes) is 21. The van der Waals surface area contributed by atoms with Gasteiger partial charge in [-0.1, -0.05) is 203 Å². The van der Waals surface area contributed by atoms with Crippen LogP contribution in [0.3, 0.4) is 0 Å². The van der Waals surface area contributed by atoms with Gasteiger partial charge in [-0.3, -0.25) is 9.35 Å². The highest BCUT2D eigenvalue weighted by Gasteiger charge is 2.26. The van der Waals surface area contributed by atoms with Crippen molar-refractivity contribution < 1.29 is 22.9 Å². The van der Waals surface area contributed by atoms with Crippen LogP contribution in [0.25, 0.3) is 0 Å². The molecule has 0 aromatic heterocycles. The lowest BCUT2D eigenvalue weighted by Crippen LogP contribution is -2.47. The van der Waals surface area contributed by atoms with E-state index in [9.17, 15) is 22.9 Å². The molecule has 0 rings (SSSR count). The number of allylic oxidation sites excluding steroid dienone is 10. The van der Waals surface area contributed by atoms with Gasteiger partial charge in [-0.2, -0.15) is 8.42 Å². The van der Waals surface area contributed by atoms with Crippen LogP contribution in [0.5, 0.6) is 0 Å². The maximum atomic E-state index is 12.6. The average molecular weight is 762 g/mol. The lowest BCUT2D eigenvalue weighted by Gasteiger charge is -2.23. The van der Waals surface area contributed by atoms with Gasteiger partial charge in [0.1, 0.15) is 0 Å². The van der Waals surface area contributed by atoms with Crippen LogP contribution in [-0.4, -0.2) is 41.9 Å². The smallest absolute Gasteiger partial charge is 0.266 e. The highest BCUT2D eigenvalue weighted by atomic mass is 32.2. The second kappa shape index (κ2) is 39.7. The van der Waals surface area contributed by atoms with Crippen LogP contribution in [0, 0.1) is 0 Å². The molecule has 0 saturated heterocycles. The van der Waals surface area contributed by atoms with Crippen LogP contribution in [0.4, 0.5) is 0 Å². The van der Waals surface area contributed by atoms with E-state index >= 15 is 0 Å². The summed E-state index contributed by atoms with van der Waals surface area (Å²) in [7, 11) is -4.32. The zero-order valence-corrected chi connectivity index (χ0v) is 35.2. The van der Waals surface area contributed by atoms with Crippen molar-refractivity contribution in [3.63, 3.8) is 0 Å². The third kappa shape index (κ3) is 41.1. The summed E-state index contributed by atoms with van der Waals surface area (Å²) >= 11 is 0. The zero-order valence-electron chi connectivity index (χ0n) is 34.4. The van der Waals surface area contributed by atoms with Gasteiger partial charge in [-0.15, -0.1) is 0 Å². The summed E-state index contributed by atoms with van der Waals surface area (Å²) < 4.78 is 32.6. The lowest BCUT2D eigenvalue weighted by atomic mass is 10.0.